The van der Waals surface area contributed by atoms with Crippen LogP contribution in [0, 0.1) is 6.92 Å². The zero-order valence-electron chi connectivity index (χ0n) is 19.2. The van der Waals surface area contributed by atoms with E-state index >= 15 is 0 Å². The van der Waals surface area contributed by atoms with Crippen LogP contribution in [0.4, 0.5) is 18.9 Å². The molecule has 0 aliphatic carbocycles. The van der Waals surface area contributed by atoms with Crippen LogP contribution in [-0.4, -0.2) is 20.0 Å². The first kappa shape index (κ1) is 23.3. The van der Waals surface area contributed by atoms with Gasteiger partial charge in [-0.3, -0.25) is 14.2 Å². The second-order valence-electron chi connectivity index (χ2n) is 8.56. The number of aromatic nitrogens is 3. The van der Waals surface area contributed by atoms with E-state index in [1.807, 2.05) is 49.4 Å². The summed E-state index contributed by atoms with van der Waals surface area (Å²) in [5.41, 5.74) is 1.47. The number of amides is 1. The van der Waals surface area contributed by atoms with Crippen molar-refractivity contribution in [3.63, 3.8) is 0 Å². The zero-order chi connectivity index (χ0) is 25.4. The average Bonchev–Trinajstić information content (AvgIpc) is 3.14. The third-order valence-corrected chi connectivity index (χ3v) is 5.99. The van der Waals surface area contributed by atoms with E-state index < -0.39 is 17.6 Å². The third kappa shape index (κ3) is 4.35. The second kappa shape index (κ2) is 8.99. The number of carbonyl (C=O) groups excluding carboxylic acids is 1. The van der Waals surface area contributed by atoms with Gasteiger partial charge in [0.2, 0.25) is 5.91 Å². The molecule has 6 nitrogen and oxygen atoms in total. The molecule has 0 aliphatic rings. The quantitative estimate of drug-likeness (QED) is 0.360. The zero-order valence-corrected chi connectivity index (χ0v) is 19.2. The van der Waals surface area contributed by atoms with Crippen LogP contribution in [0.1, 0.15) is 16.7 Å². The Morgan fingerprint density at radius 2 is 1.72 bits per heavy atom. The van der Waals surface area contributed by atoms with E-state index in [0.29, 0.717) is 16.4 Å². The van der Waals surface area contributed by atoms with Crippen LogP contribution in [0.3, 0.4) is 0 Å². The fourth-order valence-corrected chi connectivity index (χ4v) is 4.34. The van der Waals surface area contributed by atoms with Gasteiger partial charge in [-0.1, -0.05) is 54.1 Å². The summed E-state index contributed by atoms with van der Waals surface area (Å²) in [5, 5.41) is 3.05. The first-order chi connectivity index (χ1) is 17.2. The van der Waals surface area contributed by atoms with E-state index in [2.05, 4.69) is 10.3 Å². The Labute approximate surface area is 203 Å². The van der Waals surface area contributed by atoms with Crippen molar-refractivity contribution in [1.29, 1.82) is 0 Å². The molecule has 0 bridgehead atoms. The minimum Gasteiger partial charge on any atom is -0.325 e. The molecule has 0 radical (unpaired) electrons. The molecule has 0 aliphatic heterocycles. The Morgan fingerprint density at radius 3 is 2.47 bits per heavy atom. The van der Waals surface area contributed by atoms with Crippen LogP contribution < -0.4 is 10.9 Å². The van der Waals surface area contributed by atoms with Gasteiger partial charge < -0.3 is 9.88 Å². The summed E-state index contributed by atoms with van der Waals surface area (Å²) in [4.78, 5) is 31.1. The summed E-state index contributed by atoms with van der Waals surface area (Å²) in [6.45, 7) is 1.83. The number of fused-ring (bicyclic) bond motifs is 3. The molecule has 5 aromatic rings. The van der Waals surface area contributed by atoms with Gasteiger partial charge in [0.1, 0.15) is 17.6 Å². The second-order valence-corrected chi connectivity index (χ2v) is 8.56. The lowest BCUT2D eigenvalue weighted by atomic mass is 10.1. The molecular formula is C27H21F3N4O2. The highest BCUT2D eigenvalue weighted by molar-refractivity contribution is 6.06. The molecule has 1 amide bonds. The average molecular weight is 490 g/mol. The minimum absolute atomic E-state index is 0.216. The molecule has 182 valence electrons. The van der Waals surface area contributed by atoms with Crippen molar-refractivity contribution in [1.82, 2.24) is 14.1 Å². The minimum atomic E-state index is -4.62. The van der Waals surface area contributed by atoms with Gasteiger partial charge in [-0.2, -0.15) is 13.2 Å². The number of aryl methyl sites for hydroxylation is 1. The van der Waals surface area contributed by atoms with E-state index in [1.165, 1.54) is 33.7 Å². The topological polar surface area (TPSA) is 68.9 Å². The van der Waals surface area contributed by atoms with Crippen molar-refractivity contribution < 1.29 is 18.0 Å². The largest absolute Gasteiger partial charge is 0.418 e. The van der Waals surface area contributed by atoms with Gasteiger partial charge >= 0.3 is 6.18 Å². The molecule has 0 saturated heterocycles. The Kier molecular flexibility index (Phi) is 5.83. The number of halogens is 3. The molecular weight excluding hydrogens is 469 g/mol. The van der Waals surface area contributed by atoms with Crippen LogP contribution >= 0.6 is 0 Å². The number of carbonyl (C=O) groups is 1. The summed E-state index contributed by atoms with van der Waals surface area (Å²) in [6, 6.07) is 19.7. The van der Waals surface area contributed by atoms with Crippen molar-refractivity contribution in [3.05, 3.63) is 106 Å². The molecule has 0 spiro atoms. The van der Waals surface area contributed by atoms with Crippen LogP contribution in [0.2, 0.25) is 0 Å². The van der Waals surface area contributed by atoms with E-state index in [1.54, 1.807) is 6.07 Å². The Hall–Kier alpha value is -4.40. The highest BCUT2D eigenvalue weighted by Gasteiger charge is 2.33. The van der Waals surface area contributed by atoms with E-state index in [0.717, 1.165) is 17.2 Å². The fraction of sp³-hybridized carbons (Fsp3) is 0.148. The van der Waals surface area contributed by atoms with Gasteiger partial charge in [-0.25, -0.2) is 4.98 Å². The molecule has 2 aromatic heterocycles. The van der Waals surface area contributed by atoms with E-state index in [-0.39, 0.29) is 29.9 Å². The standard InChI is InChI=1S/C27H21F3N4O2/c1-17-11-12-22-19(13-17)24-25(26(36)33(16-31-24)14-18-7-3-2-4-8-18)34(22)15-23(35)32-21-10-6-5-9-20(21)27(28,29)30/h2-13,16H,14-15H2,1H3,(H,32,35). The summed E-state index contributed by atoms with van der Waals surface area (Å²) >= 11 is 0. The predicted octanol–water partition coefficient (Wildman–Crippen LogP) is 5.37. The summed E-state index contributed by atoms with van der Waals surface area (Å²) in [7, 11) is 0. The SMILES string of the molecule is Cc1ccc2c(c1)c1ncn(Cc3ccccc3)c(=O)c1n2CC(=O)Nc1ccccc1C(F)(F)F. The molecule has 0 unspecified atom stereocenters. The van der Waals surface area contributed by atoms with Gasteiger partial charge in [0, 0.05) is 5.39 Å². The number of hydrogen-bond acceptors (Lipinski definition) is 3. The first-order valence-corrected chi connectivity index (χ1v) is 11.2. The number of nitrogens with one attached hydrogen (secondary N) is 1. The van der Waals surface area contributed by atoms with Gasteiger partial charge in [0.05, 0.1) is 29.6 Å². The molecule has 36 heavy (non-hydrogen) atoms. The normalized spacial score (nSPS) is 11.8. The number of para-hydroxylation sites is 1. The molecule has 2 heterocycles. The van der Waals surface area contributed by atoms with E-state index in [4.69, 9.17) is 0 Å². The molecule has 1 N–H and O–H groups in total. The molecule has 5 rings (SSSR count). The lowest BCUT2D eigenvalue weighted by Gasteiger charge is -2.14. The highest BCUT2D eigenvalue weighted by Crippen LogP contribution is 2.34. The van der Waals surface area contributed by atoms with Gasteiger partial charge in [-0.05, 0) is 36.8 Å². The van der Waals surface area contributed by atoms with Crippen LogP contribution in [-0.2, 0) is 24.1 Å². The van der Waals surface area contributed by atoms with Crippen molar-refractivity contribution in [3.8, 4) is 0 Å². The lowest BCUT2D eigenvalue weighted by Crippen LogP contribution is -2.26. The highest BCUT2D eigenvalue weighted by atomic mass is 19.4. The molecule has 0 fully saturated rings. The van der Waals surface area contributed by atoms with E-state index in [9.17, 15) is 22.8 Å². The van der Waals surface area contributed by atoms with Crippen LogP contribution in [0.25, 0.3) is 21.9 Å². The molecule has 9 heteroatoms. The molecule has 3 aromatic carbocycles. The summed E-state index contributed by atoms with van der Waals surface area (Å²) in [5.74, 6) is -0.691. The Morgan fingerprint density at radius 1 is 1.00 bits per heavy atom. The summed E-state index contributed by atoms with van der Waals surface area (Å²) in [6.07, 6.45) is -3.15. The van der Waals surface area contributed by atoms with Crippen molar-refractivity contribution >= 4 is 33.5 Å². The number of anilines is 1. The van der Waals surface area contributed by atoms with Crippen LogP contribution in [0.15, 0.2) is 83.9 Å². The monoisotopic (exact) mass is 490 g/mol. The Bertz CT molecular complexity index is 1650. The number of rotatable bonds is 5. The predicted molar refractivity (Wildman–Crippen MR) is 132 cm³/mol. The van der Waals surface area contributed by atoms with Gasteiger partial charge in [0.25, 0.3) is 5.56 Å². The Balaban J connectivity index is 1.59. The number of nitrogens with zero attached hydrogens (tertiary/aromatic N) is 3. The molecule has 0 atom stereocenters. The maximum atomic E-state index is 13.6. The smallest absolute Gasteiger partial charge is 0.325 e. The maximum Gasteiger partial charge on any atom is 0.418 e. The number of alkyl halides is 3. The summed E-state index contributed by atoms with van der Waals surface area (Å²) < 4.78 is 43.2. The first-order valence-electron chi connectivity index (χ1n) is 11.2. The van der Waals surface area contributed by atoms with Gasteiger partial charge in [0.15, 0.2) is 0 Å². The number of hydrogen-bond donors (Lipinski definition) is 1. The fourth-order valence-electron chi connectivity index (χ4n) is 4.34. The van der Waals surface area contributed by atoms with Crippen molar-refractivity contribution in [2.75, 3.05) is 5.32 Å². The lowest BCUT2D eigenvalue weighted by molar-refractivity contribution is -0.137. The number of benzene rings is 3. The maximum absolute atomic E-state index is 13.6. The molecule has 0 saturated carbocycles. The van der Waals surface area contributed by atoms with Crippen molar-refractivity contribution in [2.24, 2.45) is 0 Å². The third-order valence-electron chi connectivity index (χ3n) is 5.99. The van der Waals surface area contributed by atoms with Crippen molar-refractivity contribution in [2.45, 2.75) is 26.2 Å². The van der Waals surface area contributed by atoms with Crippen LogP contribution in [0.5, 0.6) is 0 Å². The van der Waals surface area contributed by atoms with Gasteiger partial charge in [-0.15, -0.1) is 0 Å².